The molecule has 5 nitrogen and oxygen atoms in total. The van der Waals surface area contributed by atoms with Crippen molar-refractivity contribution in [2.75, 3.05) is 39.8 Å². The Balaban J connectivity index is 1.93. The quantitative estimate of drug-likeness (QED) is 0.775. The number of halogens is 1. The van der Waals surface area contributed by atoms with E-state index in [1.165, 1.54) is 7.11 Å². The van der Waals surface area contributed by atoms with Crippen molar-refractivity contribution in [3.63, 3.8) is 0 Å². The molecule has 1 amide bonds. The van der Waals surface area contributed by atoms with E-state index < -0.39 is 0 Å². The Hall–Kier alpha value is -1.40. The zero-order valence-electron chi connectivity index (χ0n) is 12.3. The fraction of sp³-hybridized carbons (Fsp3) is 0.467. The minimum Gasteiger partial charge on any atom is -0.468 e. The lowest BCUT2D eigenvalue weighted by Gasteiger charge is -2.34. The maximum atomic E-state index is 12.4. The number of benzene rings is 1. The van der Waals surface area contributed by atoms with Crippen LogP contribution < -0.4 is 0 Å². The maximum absolute atomic E-state index is 12.4. The predicted molar refractivity (Wildman–Crippen MR) is 83.2 cm³/mol. The van der Waals surface area contributed by atoms with Gasteiger partial charge < -0.3 is 9.64 Å². The van der Waals surface area contributed by atoms with Crippen LogP contribution in [0.5, 0.6) is 0 Å². The third-order valence-corrected chi connectivity index (χ3v) is 4.51. The van der Waals surface area contributed by atoms with E-state index in [4.69, 9.17) is 0 Å². The highest BCUT2D eigenvalue weighted by Crippen LogP contribution is 2.19. The molecule has 1 aromatic rings. The van der Waals surface area contributed by atoms with Gasteiger partial charge in [-0.3, -0.25) is 14.5 Å². The molecule has 0 N–H and O–H groups in total. The number of ether oxygens (including phenoxy) is 1. The molecule has 0 bridgehead atoms. The van der Waals surface area contributed by atoms with Crippen molar-refractivity contribution in [1.82, 2.24) is 9.80 Å². The Bertz CT molecular complexity index is 540. The topological polar surface area (TPSA) is 49.9 Å². The number of carbonyl (C=O) groups excluding carboxylic acids is 2. The summed E-state index contributed by atoms with van der Waals surface area (Å²) in [7, 11) is 1.39. The molecule has 0 aliphatic carbocycles. The third kappa shape index (κ3) is 4.04. The van der Waals surface area contributed by atoms with E-state index >= 15 is 0 Å². The number of aryl methyl sites for hydroxylation is 1. The third-order valence-electron chi connectivity index (χ3n) is 3.66. The molecule has 1 aromatic carbocycles. The molecule has 0 unspecified atom stereocenters. The van der Waals surface area contributed by atoms with E-state index in [-0.39, 0.29) is 18.4 Å². The van der Waals surface area contributed by atoms with E-state index in [9.17, 15) is 9.59 Å². The highest BCUT2D eigenvalue weighted by molar-refractivity contribution is 9.10. The van der Waals surface area contributed by atoms with Crippen molar-refractivity contribution in [1.29, 1.82) is 0 Å². The summed E-state index contributed by atoms with van der Waals surface area (Å²) in [5.74, 6) is -0.203. The summed E-state index contributed by atoms with van der Waals surface area (Å²) in [4.78, 5) is 27.5. The maximum Gasteiger partial charge on any atom is 0.319 e. The highest BCUT2D eigenvalue weighted by Gasteiger charge is 2.23. The first-order valence-corrected chi connectivity index (χ1v) is 7.65. The van der Waals surface area contributed by atoms with Crippen molar-refractivity contribution >= 4 is 27.8 Å². The predicted octanol–water partition coefficient (Wildman–Crippen LogP) is 1.69. The minimum absolute atomic E-state index is 0.0356. The standard InChI is InChI=1S/C15H19BrN2O3/c1-11-3-4-12(9-13(11)16)15(20)18-7-5-17(6-8-18)10-14(19)21-2/h3-4,9H,5-8,10H2,1-2H3. The second-order valence-corrected chi connectivity index (χ2v) is 5.96. The van der Waals surface area contributed by atoms with Gasteiger partial charge in [-0.1, -0.05) is 22.0 Å². The summed E-state index contributed by atoms with van der Waals surface area (Å²) < 4.78 is 5.60. The molecule has 0 aromatic heterocycles. The van der Waals surface area contributed by atoms with Gasteiger partial charge in [-0.2, -0.15) is 0 Å². The number of rotatable bonds is 3. The molecule has 21 heavy (non-hydrogen) atoms. The molecule has 0 spiro atoms. The summed E-state index contributed by atoms with van der Waals surface area (Å²) in [6.45, 7) is 4.91. The zero-order chi connectivity index (χ0) is 15.4. The van der Waals surface area contributed by atoms with E-state index in [0.717, 1.165) is 10.0 Å². The van der Waals surface area contributed by atoms with Crippen molar-refractivity contribution < 1.29 is 14.3 Å². The van der Waals surface area contributed by atoms with Crippen LogP contribution >= 0.6 is 15.9 Å². The van der Waals surface area contributed by atoms with Crippen LogP contribution in [0.4, 0.5) is 0 Å². The summed E-state index contributed by atoms with van der Waals surface area (Å²) in [5, 5.41) is 0. The van der Waals surface area contributed by atoms with Crippen LogP contribution in [0.3, 0.4) is 0 Å². The summed E-state index contributed by atoms with van der Waals surface area (Å²) >= 11 is 3.45. The van der Waals surface area contributed by atoms with Crippen LogP contribution in [0, 0.1) is 6.92 Å². The molecule has 1 aliphatic rings. The molecule has 1 heterocycles. The number of methoxy groups -OCH3 is 1. The first-order valence-electron chi connectivity index (χ1n) is 6.86. The summed E-state index contributed by atoms with van der Waals surface area (Å²) in [6, 6.07) is 5.65. The van der Waals surface area contributed by atoms with Gasteiger partial charge >= 0.3 is 5.97 Å². The van der Waals surface area contributed by atoms with Crippen LogP contribution in [0.25, 0.3) is 0 Å². The largest absolute Gasteiger partial charge is 0.468 e. The van der Waals surface area contributed by atoms with Gasteiger partial charge in [0.15, 0.2) is 0 Å². The van der Waals surface area contributed by atoms with Crippen molar-refractivity contribution in [2.24, 2.45) is 0 Å². The Kier molecular flexibility index (Phi) is 5.36. The average molecular weight is 355 g/mol. The molecule has 6 heteroatoms. The summed E-state index contributed by atoms with van der Waals surface area (Å²) in [5.41, 5.74) is 1.79. The monoisotopic (exact) mass is 354 g/mol. The molecule has 2 rings (SSSR count). The minimum atomic E-state index is -0.239. The number of hydrogen-bond donors (Lipinski definition) is 0. The van der Waals surface area contributed by atoms with Gasteiger partial charge in [0.25, 0.3) is 5.91 Å². The van der Waals surface area contributed by atoms with Gasteiger partial charge in [-0.05, 0) is 24.6 Å². The molecular formula is C15H19BrN2O3. The first kappa shape index (κ1) is 16.0. The Morgan fingerprint density at radius 3 is 2.48 bits per heavy atom. The smallest absolute Gasteiger partial charge is 0.319 e. The van der Waals surface area contributed by atoms with Gasteiger partial charge in [0, 0.05) is 36.2 Å². The summed E-state index contributed by atoms with van der Waals surface area (Å²) in [6.07, 6.45) is 0. The normalized spacial score (nSPS) is 15.9. The second-order valence-electron chi connectivity index (χ2n) is 5.11. The molecule has 114 valence electrons. The van der Waals surface area contributed by atoms with Gasteiger partial charge in [0.2, 0.25) is 0 Å². The van der Waals surface area contributed by atoms with Crippen molar-refractivity contribution in [3.05, 3.63) is 33.8 Å². The van der Waals surface area contributed by atoms with Gasteiger partial charge in [0.05, 0.1) is 13.7 Å². The van der Waals surface area contributed by atoms with Gasteiger partial charge in [-0.25, -0.2) is 0 Å². The van der Waals surface area contributed by atoms with Crippen molar-refractivity contribution in [3.8, 4) is 0 Å². The van der Waals surface area contributed by atoms with E-state index in [0.29, 0.717) is 31.7 Å². The number of piperazine rings is 1. The Morgan fingerprint density at radius 1 is 1.24 bits per heavy atom. The van der Waals surface area contributed by atoms with Crippen LogP contribution in [-0.4, -0.2) is 61.5 Å². The molecule has 1 aliphatic heterocycles. The lowest BCUT2D eigenvalue weighted by Crippen LogP contribution is -2.50. The van der Waals surface area contributed by atoms with Crippen LogP contribution in [-0.2, 0) is 9.53 Å². The Morgan fingerprint density at radius 2 is 1.90 bits per heavy atom. The average Bonchev–Trinajstić information content (AvgIpc) is 2.50. The molecule has 0 atom stereocenters. The molecule has 0 radical (unpaired) electrons. The second kappa shape index (κ2) is 7.04. The van der Waals surface area contributed by atoms with Gasteiger partial charge in [-0.15, -0.1) is 0 Å². The van der Waals surface area contributed by atoms with E-state index in [1.807, 2.05) is 34.9 Å². The van der Waals surface area contributed by atoms with Gasteiger partial charge in [0.1, 0.15) is 0 Å². The lowest BCUT2D eigenvalue weighted by molar-refractivity contribution is -0.142. The molecular weight excluding hydrogens is 336 g/mol. The zero-order valence-corrected chi connectivity index (χ0v) is 13.9. The van der Waals surface area contributed by atoms with E-state index in [2.05, 4.69) is 20.7 Å². The number of hydrogen-bond acceptors (Lipinski definition) is 4. The van der Waals surface area contributed by atoms with Crippen LogP contribution in [0.15, 0.2) is 22.7 Å². The Labute approximate surface area is 133 Å². The number of carbonyl (C=O) groups is 2. The number of nitrogens with zero attached hydrogens (tertiary/aromatic N) is 2. The highest BCUT2D eigenvalue weighted by atomic mass is 79.9. The fourth-order valence-corrected chi connectivity index (χ4v) is 2.64. The first-order chi connectivity index (χ1) is 10.0. The van der Waals surface area contributed by atoms with Crippen LogP contribution in [0.1, 0.15) is 15.9 Å². The molecule has 0 saturated carbocycles. The van der Waals surface area contributed by atoms with Crippen molar-refractivity contribution in [2.45, 2.75) is 6.92 Å². The molecule has 1 saturated heterocycles. The number of amides is 1. The fourth-order valence-electron chi connectivity index (χ4n) is 2.26. The van der Waals surface area contributed by atoms with E-state index in [1.54, 1.807) is 0 Å². The molecule has 1 fully saturated rings. The number of esters is 1. The SMILES string of the molecule is COC(=O)CN1CCN(C(=O)c2ccc(C)c(Br)c2)CC1. The van der Waals surface area contributed by atoms with Crippen LogP contribution in [0.2, 0.25) is 0 Å². The lowest BCUT2D eigenvalue weighted by atomic mass is 10.1.